The van der Waals surface area contributed by atoms with Crippen LogP contribution in [-0.4, -0.2) is 23.1 Å². The molecule has 0 saturated heterocycles. The Hall–Kier alpha value is -3.73. The molecule has 0 amide bonds. The largest absolute Gasteiger partial charge is 0.454 e. The van der Waals surface area contributed by atoms with Gasteiger partial charge in [-0.15, -0.1) is 10.2 Å². The van der Waals surface area contributed by atoms with Crippen LogP contribution >= 0.6 is 0 Å². The Bertz CT molecular complexity index is 987. The molecule has 2 aromatic carbocycles. The maximum atomic E-state index is 10.8. The van der Waals surface area contributed by atoms with Crippen molar-refractivity contribution in [1.82, 2.24) is 0 Å². The number of rotatable bonds is 2. The third-order valence-electron chi connectivity index (χ3n) is 3.96. The smallest absolute Gasteiger partial charge is 0.269 e. The minimum absolute atomic E-state index is 0.00917. The molecule has 0 aromatic heterocycles. The lowest BCUT2D eigenvalue weighted by atomic mass is 9.94. The molecule has 0 radical (unpaired) electrons. The Kier molecular flexibility index (Phi) is 3.40. The molecule has 2 aliphatic heterocycles. The summed E-state index contributed by atoms with van der Waals surface area (Å²) in [7, 11) is 0. The number of hydrogen-bond donors (Lipinski definition) is 0. The summed E-state index contributed by atoms with van der Waals surface area (Å²) in [4.78, 5) is 10.4. The van der Waals surface area contributed by atoms with E-state index < -0.39 is 4.92 Å². The number of nitro benzene ring substituents is 1. The average Bonchev–Trinajstić information content (AvgIpc) is 3.00. The average molecular weight is 334 g/mol. The summed E-state index contributed by atoms with van der Waals surface area (Å²) in [6, 6.07) is 11.7. The van der Waals surface area contributed by atoms with Crippen molar-refractivity contribution < 1.29 is 14.4 Å². The van der Waals surface area contributed by atoms with Gasteiger partial charge >= 0.3 is 0 Å². The van der Waals surface area contributed by atoms with Crippen LogP contribution in [0.25, 0.3) is 0 Å². The second-order valence-corrected chi connectivity index (χ2v) is 5.45. The number of nitriles is 1. The molecule has 0 N–H and O–H groups in total. The molecule has 0 aliphatic carbocycles. The van der Waals surface area contributed by atoms with Gasteiger partial charge in [-0.05, 0) is 29.8 Å². The van der Waals surface area contributed by atoms with Gasteiger partial charge in [0.2, 0.25) is 6.79 Å². The molecule has 0 saturated carbocycles. The summed E-state index contributed by atoms with van der Waals surface area (Å²) < 4.78 is 10.8. The van der Waals surface area contributed by atoms with Gasteiger partial charge in [-0.25, -0.2) is 0 Å². The first-order chi connectivity index (χ1) is 12.2. The lowest BCUT2D eigenvalue weighted by Crippen LogP contribution is -2.07. The van der Waals surface area contributed by atoms with E-state index in [2.05, 4.69) is 10.2 Å². The number of benzene rings is 2. The molecule has 4 rings (SSSR count). The van der Waals surface area contributed by atoms with Crippen LogP contribution in [0.4, 0.5) is 5.69 Å². The van der Waals surface area contributed by atoms with Gasteiger partial charge in [0.05, 0.1) is 4.92 Å². The van der Waals surface area contributed by atoms with E-state index in [-0.39, 0.29) is 18.2 Å². The third-order valence-corrected chi connectivity index (χ3v) is 3.96. The van der Waals surface area contributed by atoms with E-state index in [0.717, 1.165) is 11.1 Å². The molecule has 0 atom stereocenters. The first kappa shape index (κ1) is 14.8. The van der Waals surface area contributed by atoms with Crippen molar-refractivity contribution in [1.29, 1.82) is 5.26 Å². The molecule has 122 valence electrons. The molecule has 2 heterocycles. The summed E-state index contributed by atoms with van der Waals surface area (Å²) in [5, 5.41) is 28.3. The zero-order chi connectivity index (χ0) is 17.4. The van der Waals surface area contributed by atoms with Gasteiger partial charge in [0.25, 0.3) is 5.69 Å². The van der Waals surface area contributed by atoms with Crippen molar-refractivity contribution in [3.63, 3.8) is 0 Å². The van der Waals surface area contributed by atoms with Crippen molar-refractivity contribution in [2.24, 2.45) is 10.2 Å². The number of nitro groups is 1. The number of non-ortho nitro benzene ring substituents is 1. The highest BCUT2D eigenvalue weighted by atomic mass is 16.7. The molecular formula is C17H10N4O4. The first-order valence-electron chi connectivity index (χ1n) is 7.38. The maximum absolute atomic E-state index is 10.8. The van der Waals surface area contributed by atoms with Gasteiger partial charge in [0, 0.05) is 29.7 Å². The zero-order valence-corrected chi connectivity index (χ0v) is 12.8. The van der Waals surface area contributed by atoms with Crippen LogP contribution < -0.4 is 9.47 Å². The van der Waals surface area contributed by atoms with Gasteiger partial charge in [0.1, 0.15) is 17.5 Å². The van der Waals surface area contributed by atoms with Crippen LogP contribution in [0.15, 0.2) is 46.6 Å². The Morgan fingerprint density at radius 3 is 2.52 bits per heavy atom. The minimum atomic E-state index is -0.462. The summed E-state index contributed by atoms with van der Waals surface area (Å²) in [6.45, 7) is 0.140. The number of nitrogens with zero attached hydrogens (tertiary/aromatic N) is 4. The molecule has 25 heavy (non-hydrogen) atoms. The standard InChI is InChI=1S/C17H10N4O4/c18-8-12-5-11-6-15-16(25-9-24-15)7-14(11)17(20-19-12)10-1-3-13(4-2-10)21(22)23/h1-4,6-7H,5,9H2. The topological polar surface area (TPSA) is 110 Å². The monoisotopic (exact) mass is 334 g/mol. The molecule has 8 heteroatoms. The Morgan fingerprint density at radius 2 is 1.84 bits per heavy atom. The van der Waals surface area contributed by atoms with Crippen molar-refractivity contribution in [3.8, 4) is 17.6 Å². The van der Waals surface area contributed by atoms with E-state index in [1.807, 2.05) is 12.1 Å². The van der Waals surface area contributed by atoms with Gasteiger partial charge < -0.3 is 9.47 Å². The van der Waals surface area contributed by atoms with E-state index >= 15 is 0 Å². The van der Waals surface area contributed by atoms with Gasteiger partial charge in [0.15, 0.2) is 11.5 Å². The van der Waals surface area contributed by atoms with Crippen LogP contribution in [0.3, 0.4) is 0 Å². The fourth-order valence-corrected chi connectivity index (χ4v) is 2.75. The van der Waals surface area contributed by atoms with Crippen LogP contribution in [0.5, 0.6) is 11.5 Å². The number of hydrogen-bond acceptors (Lipinski definition) is 7. The maximum Gasteiger partial charge on any atom is 0.269 e. The predicted octanol–water partition coefficient (Wildman–Crippen LogP) is 2.60. The van der Waals surface area contributed by atoms with Gasteiger partial charge in [-0.2, -0.15) is 5.26 Å². The highest BCUT2D eigenvalue weighted by Gasteiger charge is 2.23. The van der Waals surface area contributed by atoms with Crippen molar-refractivity contribution in [2.45, 2.75) is 6.42 Å². The van der Waals surface area contributed by atoms with Gasteiger partial charge in [-0.1, -0.05) is 0 Å². The SMILES string of the molecule is N#CC1=NN=C(c2ccc([N+](=O)[O-])cc2)c2cc3c(cc2C1)OCO3. The Morgan fingerprint density at radius 1 is 1.12 bits per heavy atom. The molecule has 8 nitrogen and oxygen atoms in total. The van der Waals surface area contributed by atoms with E-state index in [4.69, 9.17) is 9.47 Å². The summed E-state index contributed by atoms with van der Waals surface area (Å²) in [6.07, 6.45) is 0.322. The van der Waals surface area contributed by atoms with Crippen molar-refractivity contribution >= 4 is 17.1 Å². The first-order valence-corrected chi connectivity index (χ1v) is 7.38. The highest BCUT2D eigenvalue weighted by molar-refractivity contribution is 6.16. The predicted molar refractivity (Wildman–Crippen MR) is 88.1 cm³/mol. The lowest BCUT2D eigenvalue weighted by Gasteiger charge is -2.10. The normalized spacial score (nSPS) is 14.7. The quantitative estimate of drug-likeness (QED) is 0.619. The molecule has 0 unspecified atom stereocenters. The third kappa shape index (κ3) is 2.57. The molecule has 2 aliphatic rings. The van der Waals surface area contributed by atoms with Crippen LogP contribution in [0.2, 0.25) is 0 Å². The van der Waals surface area contributed by atoms with Crippen molar-refractivity contribution in [3.05, 3.63) is 63.2 Å². The van der Waals surface area contributed by atoms with E-state index in [9.17, 15) is 15.4 Å². The summed E-state index contributed by atoms with van der Waals surface area (Å²) in [5.41, 5.74) is 3.04. The van der Waals surface area contributed by atoms with Crippen molar-refractivity contribution in [2.75, 3.05) is 6.79 Å². The lowest BCUT2D eigenvalue weighted by molar-refractivity contribution is -0.384. The minimum Gasteiger partial charge on any atom is -0.454 e. The molecule has 0 fully saturated rings. The molecular weight excluding hydrogens is 324 g/mol. The zero-order valence-electron chi connectivity index (χ0n) is 12.8. The van der Waals surface area contributed by atoms with Crippen LogP contribution in [0.1, 0.15) is 16.7 Å². The number of ether oxygens (including phenoxy) is 2. The summed E-state index contributed by atoms with van der Waals surface area (Å²) >= 11 is 0. The number of fused-ring (bicyclic) bond motifs is 2. The van der Waals surface area contributed by atoms with Crippen LogP contribution in [0, 0.1) is 21.4 Å². The Balaban J connectivity index is 1.86. The fraction of sp³-hybridized carbons (Fsp3) is 0.118. The summed E-state index contributed by atoms with van der Waals surface area (Å²) in [5.74, 6) is 1.20. The molecule has 2 aromatic rings. The van der Waals surface area contributed by atoms with Crippen LogP contribution in [-0.2, 0) is 6.42 Å². The second kappa shape index (κ2) is 5.72. The van der Waals surface area contributed by atoms with Gasteiger partial charge in [-0.3, -0.25) is 10.1 Å². The van der Waals surface area contributed by atoms with E-state index in [1.165, 1.54) is 12.1 Å². The molecule has 0 spiro atoms. The Labute approximate surface area is 141 Å². The van der Waals surface area contributed by atoms with E-state index in [0.29, 0.717) is 29.2 Å². The molecule has 0 bridgehead atoms. The van der Waals surface area contributed by atoms with E-state index in [1.54, 1.807) is 18.2 Å². The fourth-order valence-electron chi connectivity index (χ4n) is 2.75. The second-order valence-electron chi connectivity index (χ2n) is 5.45. The highest BCUT2D eigenvalue weighted by Crippen LogP contribution is 2.36.